The highest BCUT2D eigenvalue weighted by atomic mass is 16.5. The molecule has 0 aliphatic carbocycles. The lowest BCUT2D eigenvalue weighted by molar-refractivity contribution is -0.121. The van der Waals surface area contributed by atoms with E-state index in [0.717, 1.165) is 5.69 Å². The Hall–Kier alpha value is -3.22. The number of amides is 1. The van der Waals surface area contributed by atoms with Crippen LogP contribution in [0.2, 0.25) is 0 Å². The predicted octanol–water partition coefficient (Wildman–Crippen LogP) is 2.78. The zero-order chi connectivity index (χ0) is 18.8. The second kappa shape index (κ2) is 6.95. The number of anilines is 1. The summed E-state index contributed by atoms with van der Waals surface area (Å²) in [6, 6.07) is 8.44. The van der Waals surface area contributed by atoms with Gasteiger partial charge in [0, 0.05) is 12.2 Å². The first-order valence-electron chi connectivity index (χ1n) is 8.28. The summed E-state index contributed by atoms with van der Waals surface area (Å²) in [5, 5.41) is 8.75. The molecular formula is C19H20N4O3. The number of carbonyl (C=O) groups excluding carboxylic acids is 1. The van der Waals surface area contributed by atoms with Crippen LogP contribution in [0, 0.1) is 13.8 Å². The Bertz CT molecular complexity index is 1020. The first kappa shape index (κ1) is 17.6. The van der Waals surface area contributed by atoms with E-state index < -0.39 is 11.6 Å². The summed E-state index contributed by atoms with van der Waals surface area (Å²) in [6.45, 7) is 9.18. The highest BCUT2D eigenvalue weighted by molar-refractivity contribution is 5.96. The molecule has 1 aromatic carbocycles. The number of rotatable bonds is 5. The van der Waals surface area contributed by atoms with Crippen LogP contribution in [0.3, 0.4) is 0 Å². The summed E-state index contributed by atoms with van der Waals surface area (Å²) in [4.78, 5) is 27.4. The van der Waals surface area contributed by atoms with E-state index in [9.17, 15) is 9.59 Å². The van der Waals surface area contributed by atoms with Gasteiger partial charge in [0.15, 0.2) is 5.52 Å². The van der Waals surface area contributed by atoms with Gasteiger partial charge in [-0.15, -0.1) is 6.58 Å². The fourth-order valence-corrected chi connectivity index (χ4v) is 2.96. The number of aromatic nitrogens is 3. The summed E-state index contributed by atoms with van der Waals surface area (Å²) in [5.41, 5.74) is 1.06. The van der Waals surface area contributed by atoms with Crippen LogP contribution in [0.5, 0.6) is 0 Å². The minimum atomic E-state index is -0.803. The molecule has 0 aliphatic heterocycles. The predicted molar refractivity (Wildman–Crippen MR) is 99.2 cm³/mol. The van der Waals surface area contributed by atoms with Gasteiger partial charge in [-0.3, -0.25) is 9.59 Å². The Morgan fingerprint density at radius 3 is 2.69 bits per heavy atom. The van der Waals surface area contributed by atoms with Crippen molar-refractivity contribution in [1.82, 2.24) is 14.9 Å². The minimum absolute atomic E-state index is 0.185. The largest absolute Gasteiger partial charge is 0.360 e. The molecule has 3 rings (SSSR count). The number of aryl methyl sites for hydroxylation is 2. The van der Waals surface area contributed by atoms with Gasteiger partial charge in [-0.1, -0.05) is 29.4 Å². The van der Waals surface area contributed by atoms with Gasteiger partial charge in [0.05, 0.1) is 11.1 Å². The molecule has 0 spiro atoms. The summed E-state index contributed by atoms with van der Waals surface area (Å²) < 4.78 is 6.28. The molecule has 1 atom stereocenters. The third-order valence-electron chi connectivity index (χ3n) is 4.26. The molecule has 2 aromatic heterocycles. The van der Waals surface area contributed by atoms with Gasteiger partial charge in [-0.2, -0.15) is 5.10 Å². The number of fused-ring (bicyclic) bond motifs is 1. The number of hydrogen-bond acceptors (Lipinski definition) is 5. The third kappa shape index (κ3) is 2.92. The van der Waals surface area contributed by atoms with Crippen molar-refractivity contribution in [3.63, 3.8) is 0 Å². The fourth-order valence-electron chi connectivity index (χ4n) is 2.96. The van der Waals surface area contributed by atoms with Crippen molar-refractivity contribution in [3.05, 3.63) is 64.8 Å². The average Bonchev–Trinajstić information content (AvgIpc) is 3.05. The highest BCUT2D eigenvalue weighted by Crippen LogP contribution is 2.20. The van der Waals surface area contributed by atoms with Gasteiger partial charge >= 0.3 is 0 Å². The summed E-state index contributed by atoms with van der Waals surface area (Å²) in [7, 11) is 0. The molecule has 26 heavy (non-hydrogen) atoms. The lowest BCUT2D eigenvalue weighted by Crippen LogP contribution is -2.40. The van der Waals surface area contributed by atoms with Gasteiger partial charge in [0.25, 0.3) is 11.5 Å². The zero-order valence-corrected chi connectivity index (χ0v) is 15.0. The molecule has 134 valence electrons. The van der Waals surface area contributed by atoms with E-state index in [4.69, 9.17) is 4.52 Å². The molecule has 0 saturated carbocycles. The molecule has 3 aromatic rings. The van der Waals surface area contributed by atoms with Crippen LogP contribution in [0.25, 0.3) is 10.9 Å². The van der Waals surface area contributed by atoms with Crippen molar-refractivity contribution in [2.75, 3.05) is 11.4 Å². The van der Waals surface area contributed by atoms with E-state index in [0.29, 0.717) is 23.4 Å². The SMILES string of the molecule is C=CCN(C(=O)[C@H](C)n1nc(C)c2c(C)onc2c1=O)c1ccccc1. The molecule has 2 heterocycles. The average molecular weight is 352 g/mol. The standard InChI is InChI=1S/C19H20N4O3/c1-5-11-22(15-9-7-6-8-10-15)18(24)13(3)23-19(25)17-16(12(2)20-23)14(4)26-21-17/h5-10,13H,1,11H2,2-4H3/t13-/m0/s1. The molecule has 7 nitrogen and oxygen atoms in total. The van der Waals surface area contributed by atoms with Crippen molar-refractivity contribution in [1.29, 1.82) is 0 Å². The van der Waals surface area contributed by atoms with Crippen molar-refractivity contribution < 1.29 is 9.32 Å². The monoisotopic (exact) mass is 352 g/mol. The second-order valence-corrected chi connectivity index (χ2v) is 6.05. The number of nitrogens with zero attached hydrogens (tertiary/aromatic N) is 4. The van der Waals surface area contributed by atoms with E-state index in [1.54, 1.807) is 31.7 Å². The molecule has 0 bridgehead atoms. The Kier molecular flexibility index (Phi) is 4.71. The summed E-state index contributed by atoms with van der Waals surface area (Å²) in [5.74, 6) is 0.274. The molecule has 0 fully saturated rings. The molecular weight excluding hydrogens is 332 g/mol. The molecule has 1 amide bonds. The van der Waals surface area contributed by atoms with E-state index >= 15 is 0 Å². The summed E-state index contributed by atoms with van der Waals surface area (Å²) >= 11 is 0. The van der Waals surface area contributed by atoms with Crippen molar-refractivity contribution in [2.45, 2.75) is 26.8 Å². The third-order valence-corrected chi connectivity index (χ3v) is 4.26. The quantitative estimate of drug-likeness (QED) is 0.660. The van der Waals surface area contributed by atoms with Crippen LogP contribution >= 0.6 is 0 Å². The number of hydrogen-bond donors (Lipinski definition) is 0. The molecule has 0 N–H and O–H groups in total. The zero-order valence-electron chi connectivity index (χ0n) is 15.0. The smallest absolute Gasteiger partial charge is 0.297 e. The first-order valence-corrected chi connectivity index (χ1v) is 8.28. The van der Waals surface area contributed by atoms with Crippen LogP contribution in [0.1, 0.15) is 24.4 Å². The van der Waals surface area contributed by atoms with Gasteiger partial charge < -0.3 is 9.42 Å². The maximum absolute atomic E-state index is 13.1. The summed E-state index contributed by atoms with van der Waals surface area (Å²) in [6.07, 6.45) is 1.64. The molecule has 0 unspecified atom stereocenters. The number of benzene rings is 1. The van der Waals surface area contributed by atoms with E-state index in [-0.39, 0.29) is 11.4 Å². The lowest BCUT2D eigenvalue weighted by atomic mass is 10.2. The lowest BCUT2D eigenvalue weighted by Gasteiger charge is -2.25. The second-order valence-electron chi connectivity index (χ2n) is 6.05. The van der Waals surface area contributed by atoms with Gasteiger partial charge in [-0.05, 0) is 32.9 Å². The molecule has 7 heteroatoms. The van der Waals surface area contributed by atoms with Crippen LogP contribution in [0.15, 0.2) is 52.3 Å². The molecule has 0 saturated heterocycles. The van der Waals surface area contributed by atoms with E-state index in [1.807, 2.05) is 30.3 Å². The van der Waals surface area contributed by atoms with Gasteiger partial charge in [0.2, 0.25) is 0 Å². The maximum atomic E-state index is 13.1. The normalized spacial score (nSPS) is 12.1. The van der Waals surface area contributed by atoms with Crippen LogP contribution < -0.4 is 10.5 Å². The van der Waals surface area contributed by atoms with Crippen LogP contribution in [-0.2, 0) is 4.79 Å². The van der Waals surface area contributed by atoms with Crippen LogP contribution in [-0.4, -0.2) is 27.4 Å². The highest BCUT2D eigenvalue weighted by Gasteiger charge is 2.26. The Morgan fingerprint density at radius 2 is 2.04 bits per heavy atom. The Morgan fingerprint density at radius 1 is 1.35 bits per heavy atom. The maximum Gasteiger partial charge on any atom is 0.297 e. The number of para-hydroxylation sites is 1. The van der Waals surface area contributed by atoms with Crippen molar-refractivity contribution in [2.24, 2.45) is 0 Å². The van der Waals surface area contributed by atoms with Crippen LogP contribution in [0.4, 0.5) is 5.69 Å². The first-order chi connectivity index (χ1) is 12.5. The van der Waals surface area contributed by atoms with Gasteiger partial charge in [-0.25, -0.2) is 4.68 Å². The Balaban J connectivity index is 2.05. The number of carbonyl (C=O) groups is 1. The minimum Gasteiger partial charge on any atom is -0.360 e. The van der Waals surface area contributed by atoms with Gasteiger partial charge in [0.1, 0.15) is 11.8 Å². The van der Waals surface area contributed by atoms with E-state index in [2.05, 4.69) is 16.8 Å². The topological polar surface area (TPSA) is 81.2 Å². The fraction of sp³-hybridized carbons (Fsp3) is 0.263. The van der Waals surface area contributed by atoms with Crippen molar-refractivity contribution >= 4 is 22.5 Å². The van der Waals surface area contributed by atoms with E-state index in [1.165, 1.54) is 4.68 Å². The molecule has 0 aliphatic rings. The Labute approximate surface area is 150 Å². The van der Waals surface area contributed by atoms with Crippen molar-refractivity contribution in [3.8, 4) is 0 Å². The molecule has 0 radical (unpaired) electrons.